The van der Waals surface area contributed by atoms with Gasteiger partial charge in [-0.3, -0.25) is 4.72 Å². The molecule has 0 atom stereocenters. The molecule has 0 fully saturated rings. The molecule has 0 heterocycles. The molecule has 3 N–H and O–H groups in total. The second-order valence-corrected chi connectivity index (χ2v) is 6.19. The smallest absolute Gasteiger partial charge is 0.264 e. The summed E-state index contributed by atoms with van der Waals surface area (Å²) < 4.78 is 45.0. The third-order valence-electron chi connectivity index (χ3n) is 2.68. The first kappa shape index (κ1) is 15.4. The Bertz CT molecular complexity index is 781. The van der Waals surface area contributed by atoms with Gasteiger partial charge in [-0.05, 0) is 30.3 Å². The quantitative estimate of drug-likeness (QED) is 0.845. The molecule has 112 valence electrons. The zero-order chi connectivity index (χ0) is 15.6. The van der Waals surface area contributed by atoms with Crippen LogP contribution in [0.1, 0.15) is 0 Å². The summed E-state index contributed by atoms with van der Waals surface area (Å²) >= 11 is 5.93. The van der Waals surface area contributed by atoms with E-state index in [4.69, 9.17) is 22.1 Å². The zero-order valence-corrected chi connectivity index (χ0v) is 12.5. The lowest BCUT2D eigenvalue weighted by Crippen LogP contribution is -2.15. The lowest BCUT2D eigenvalue weighted by Gasteiger charge is -2.12. The molecule has 21 heavy (non-hydrogen) atoms. The van der Waals surface area contributed by atoms with Crippen molar-refractivity contribution in [2.24, 2.45) is 0 Å². The van der Waals surface area contributed by atoms with E-state index in [1.807, 2.05) is 0 Å². The molecule has 0 aliphatic carbocycles. The van der Waals surface area contributed by atoms with Crippen LogP contribution in [0.5, 0.6) is 5.75 Å². The van der Waals surface area contributed by atoms with Crippen LogP contribution in [-0.2, 0) is 10.0 Å². The lowest BCUT2D eigenvalue weighted by molar-refractivity contribution is 0.415. The van der Waals surface area contributed by atoms with Crippen molar-refractivity contribution in [1.29, 1.82) is 0 Å². The van der Waals surface area contributed by atoms with Gasteiger partial charge in [-0.15, -0.1) is 0 Å². The number of nitrogens with two attached hydrogens (primary N) is 1. The van der Waals surface area contributed by atoms with Crippen molar-refractivity contribution in [2.75, 3.05) is 17.6 Å². The Morgan fingerprint density at radius 2 is 1.95 bits per heavy atom. The standard InChI is InChI=1S/C13H12ClFN2O3S/c1-20-9-3-4-10(14)12(7-9)17-21(18,19)13-6-8(15)2-5-11(13)16/h2-7,17H,16H2,1H3. The van der Waals surface area contributed by atoms with Crippen LogP contribution >= 0.6 is 11.6 Å². The van der Waals surface area contributed by atoms with Gasteiger partial charge in [0, 0.05) is 6.07 Å². The first-order chi connectivity index (χ1) is 9.83. The Labute approximate surface area is 126 Å². The number of ether oxygens (including phenoxy) is 1. The Balaban J connectivity index is 2.44. The Morgan fingerprint density at radius 3 is 2.62 bits per heavy atom. The molecule has 0 aliphatic heterocycles. The van der Waals surface area contributed by atoms with Gasteiger partial charge in [0.15, 0.2) is 0 Å². The average molecular weight is 331 g/mol. The summed E-state index contributed by atoms with van der Waals surface area (Å²) in [5.74, 6) is -0.286. The minimum Gasteiger partial charge on any atom is -0.497 e. The first-order valence-electron chi connectivity index (χ1n) is 5.75. The molecule has 0 radical (unpaired) electrons. The summed E-state index contributed by atoms with van der Waals surface area (Å²) in [5, 5.41) is 0.175. The van der Waals surface area contributed by atoms with Crippen LogP contribution in [0.3, 0.4) is 0 Å². The highest BCUT2D eigenvalue weighted by molar-refractivity contribution is 7.92. The number of halogens is 2. The predicted molar refractivity (Wildman–Crippen MR) is 79.6 cm³/mol. The third kappa shape index (κ3) is 3.37. The zero-order valence-electron chi connectivity index (χ0n) is 10.9. The fourth-order valence-corrected chi connectivity index (χ4v) is 3.09. The minimum atomic E-state index is -4.07. The SMILES string of the molecule is COc1ccc(Cl)c(NS(=O)(=O)c2cc(F)ccc2N)c1. The van der Waals surface area contributed by atoms with E-state index < -0.39 is 15.8 Å². The van der Waals surface area contributed by atoms with Crippen molar-refractivity contribution in [3.05, 3.63) is 47.2 Å². The highest BCUT2D eigenvalue weighted by atomic mass is 35.5. The van der Waals surface area contributed by atoms with E-state index in [0.717, 1.165) is 12.1 Å². The number of nitrogen functional groups attached to an aromatic ring is 1. The Morgan fingerprint density at radius 1 is 1.24 bits per heavy atom. The van der Waals surface area contributed by atoms with Crippen molar-refractivity contribution in [3.8, 4) is 5.75 Å². The topological polar surface area (TPSA) is 81.4 Å². The highest BCUT2D eigenvalue weighted by Crippen LogP contribution is 2.30. The van der Waals surface area contributed by atoms with Crippen LogP contribution in [0.15, 0.2) is 41.3 Å². The Kier molecular flexibility index (Phi) is 4.24. The highest BCUT2D eigenvalue weighted by Gasteiger charge is 2.20. The van der Waals surface area contributed by atoms with Crippen molar-refractivity contribution < 1.29 is 17.5 Å². The van der Waals surface area contributed by atoms with Crippen molar-refractivity contribution >= 4 is 33.0 Å². The summed E-state index contributed by atoms with van der Waals surface area (Å²) in [5.41, 5.74) is 5.62. The van der Waals surface area contributed by atoms with Crippen LogP contribution < -0.4 is 15.2 Å². The molecule has 0 aromatic heterocycles. The van der Waals surface area contributed by atoms with Crippen molar-refractivity contribution in [2.45, 2.75) is 4.90 Å². The fourth-order valence-electron chi connectivity index (χ4n) is 1.65. The molecule has 8 heteroatoms. The summed E-state index contributed by atoms with van der Waals surface area (Å²) in [7, 11) is -2.63. The molecule has 0 saturated heterocycles. The summed E-state index contributed by atoms with van der Waals surface area (Å²) in [4.78, 5) is -0.360. The summed E-state index contributed by atoms with van der Waals surface area (Å²) in [6.45, 7) is 0. The maximum Gasteiger partial charge on any atom is 0.264 e. The molecule has 0 bridgehead atoms. The summed E-state index contributed by atoms with van der Waals surface area (Å²) in [6.07, 6.45) is 0. The van der Waals surface area contributed by atoms with E-state index in [9.17, 15) is 12.8 Å². The number of nitrogens with one attached hydrogen (secondary N) is 1. The maximum absolute atomic E-state index is 13.2. The average Bonchev–Trinajstić information content (AvgIpc) is 2.43. The molecule has 0 unspecified atom stereocenters. The molecule has 0 saturated carbocycles. The third-order valence-corrected chi connectivity index (χ3v) is 4.43. The minimum absolute atomic E-state index is 0.0667. The van der Waals surface area contributed by atoms with Crippen LogP contribution in [-0.4, -0.2) is 15.5 Å². The first-order valence-corrected chi connectivity index (χ1v) is 7.61. The van der Waals surface area contributed by atoms with Gasteiger partial charge in [-0.1, -0.05) is 11.6 Å². The number of rotatable bonds is 4. The molecule has 0 aliphatic rings. The van der Waals surface area contributed by atoms with Gasteiger partial charge in [0.25, 0.3) is 10.0 Å². The van der Waals surface area contributed by atoms with Crippen LogP contribution in [0.4, 0.5) is 15.8 Å². The van der Waals surface area contributed by atoms with E-state index in [2.05, 4.69) is 4.72 Å². The number of hydrogen-bond donors (Lipinski definition) is 2. The molecule has 2 aromatic carbocycles. The second-order valence-electron chi connectivity index (χ2n) is 4.13. The van der Waals surface area contributed by atoms with Crippen LogP contribution in [0.25, 0.3) is 0 Å². The van der Waals surface area contributed by atoms with Gasteiger partial charge in [0.2, 0.25) is 0 Å². The summed E-state index contributed by atoms with van der Waals surface area (Å²) in [6, 6.07) is 7.56. The molecule has 0 spiro atoms. The molecule has 2 aromatic rings. The molecule has 5 nitrogen and oxygen atoms in total. The van der Waals surface area contributed by atoms with Gasteiger partial charge < -0.3 is 10.5 Å². The number of hydrogen-bond acceptors (Lipinski definition) is 4. The van der Waals surface area contributed by atoms with E-state index in [1.54, 1.807) is 6.07 Å². The normalized spacial score (nSPS) is 11.2. The molecule has 2 rings (SSSR count). The van der Waals surface area contributed by atoms with Gasteiger partial charge in [-0.25, -0.2) is 12.8 Å². The number of benzene rings is 2. The lowest BCUT2D eigenvalue weighted by atomic mass is 10.3. The molecular weight excluding hydrogens is 319 g/mol. The van der Waals surface area contributed by atoms with E-state index >= 15 is 0 Å². The van der Waals surface area contributed by atoms with Crippen molar-refractivity contribution in [3.63, 3.8) is 0 Å². The maximum atomic E-state index is 13.2. The number of methoxy groups -OCH3 is 1. The fraction of sp³-hybridized carbons (Fsp3) is 0.0769. The largest absolute Gasteiger partial charge is 0.497 e. The van der Waals surface area contributed by atoms with Crippen molar-refractivity contribution in [1.82, 2.24) is 0 Å². The monoisotopic (exact) mass is 330 g/mol. The predicted octanol–water partition coefficient (Wildman–Crippen LogP) is 2.87. The Hall–Kier alpha value is -1.99. The van der Waals surface area contributed by atoms with Gasteiger partial charge in [0.05, 0.1) is 23.5 Å². The number of sulfonamides is 1. The van der Waals surface area contributed by atoms with E-state index in [0.29, 0.717) is 5.75 Å². The molecular formula is C13H12ClFN2O3S. The van der Waals surface area contributed by atoms with Crippen LogP contribution in [0, 0.1) is 5.82 Å². The van der Waals surface area contributed by atoms with Gasteiger partial charge in [-0.2, -0.15) is 0 Å². The van der Waals surface area contributed by atoms with Gasteiger partial charge in [0.1, 0.15) is 16.5 Å². The number of anilines is 2. The van der Waals surface area contributed by atoms with Gasteiger partial charge >= 0.3 is 0 Å². The molecule has 0 amide bonds. The van der Waals surface area contributed by atoms with Crippen LogP contribution in [0.2, 0.25) is 5.02 Å². The van der Waals surface area contributed by atoms with E-state index in [-0.39, 0.29) is 21.3 Å². The second kappa shape index (κ2) is 5.79. The van der Waals surface area contributed by atoms with E-state index in [1.165, 1.54) is 25.3 Å².